The van der Waals surface area contributed by atoms with Gasteiger partial charge in [0.15, 0.2) is 0 Å². The molecule has 0 radical (unpaired) electrons. The molecule has 0 aromatic carbocycles. The third-order valence-corrected chi connectivity index (χ3v) is 7.39. The van der Waals surface area contributed by atoms with Crippen LogP contribution in [-0.4, -0.2) is 21.8 Å². The summed E-state index contributed by atoms with van der Waals surface area (Å²) in [6.45, 7) is 10.3. The monoisotopic (exact) mass is 216 g/mol. The van der Waals surface area contributed by atoms with Gasteiger partial charge in [-0.05, 0) is 31.4 Å². The highest BCUT2D eigenvalue weighted by Gasteiger charge is 2.45. The van der Waals surface area contributed by atoms with E-state index in [9.17, 15) is 0 Å². The quantitative estimate of drug-likeness (QED) is 0.608. The highest BCUT2D eigenvalue weighted by Crippen LogP contribution is 2.41. The molecule has 0 bridgehead atoms. The Hall–Kier alpha value is 0.137. The Morgan fingerprint density at radius 2 is 1.64 bits per heavy atom. The van der Waals surface area contributed by atoms with Crippen molar-refractivity contribution in [3.05, 3.63) is 0 Å². The molecule has 14 heavy (non-hydrogen) atoms. The van der Waals surface area contributed by atoms with E-state index in [1.165, 1.54) is 18.9 Å². The molecule has 1 fully saturated rings. The van der Waals surface area contributed by atoms with Crippen molar-refractivity contribution in [2.75, 3.05) is 13.2 Å². The Morgan fingerprint density at radius 1 is 1.14 bits per heavy atom. The summed E-state index contributed by atoms with van der Waals surface area (Å²) in [4.78, 5) is 0. The maximum absolute atomic E-state index is 6.00. The predicted octanol–water partition coefficient (Wildman–Crippen LogP) is 3.32. The van der Waals surface area contributed by atoms with Crippen LogP contribution in [0.3, 0.4) is 0 Å². The Kier molecular flexibility index (Phi) is 4.61. The maximum Gasteiger partial charge on any atom is 0.341 e. The van der Waals surface area contributed by atoms with E-state index in [0.29, 0.717) is 5.54 Å². The second-order valence-corrected chi connectivity index (χ2v) is 8.24. The van der Waals surface area contributed by atoms with Gasteiger partial charge in [-0.15, -0.1) is 0 Å². The first-order valence-corrected chi connectivity index (χ1v) is 8.02. The van der Waals surface area contributed by atoms with Crippen LogP contribution in [0.5, 0.6) is 0 Å². The first kappa shape index (κ1) is 12.2. The van der Waals surface area contributed by atoms with Crippen LogP contribution in [0.2, 0.25) is 11.6 Å². The summed E-state index contributed by atoms with van der Waals surface area (Å²) in [6, 6.07) is 1.21. The van der Waals surface area contributed by atoms with Gasteiger partial charge in [-0.3, -0.25) is 0 Å². The number of rotatable bonds is 7. The molecule has 0 aliphatic heterocycles. The second kappa shape index (κ2) is 5.28. The van der Waals surface area contributed by atoms with Crippen LogP contribution in [0, 0.1) is 5.92 Å². The van der Waals surface area contributed by atoms with Crippen LogP contribution in [0.15, 0.2) is 0 Å². The molecule has 1 aliphatic rings. The molecule has 0 saturated heterocycles. The molecule has 0 atom stereocenters. The minimum absolute atomic E-state index is 0.572. The van der Waals surface area contributed by atoms with Crippen molar-refractivity contribution in [3.8, 4) is 0 Å². The van der Waals surface area contributed by atoms with Gasteiger partial charge in [0.1, 0.15) is 0 Å². The Balaban J connectivity index is 2.59. The van der Waals surface area contributed by atoms with Crippen molar-refractivity contribution < 1.29 is 8.85 Å². The van der Waals surface area contributed by atoms with Crippen LogP contribution in [-0.2, 0) is 8.85 Å². The summed E-state index contributed by atoms with van der Waals surface area (Å²) in [6.07, 6.45) is 2.78. The Labute approximate surface area is 89.2 Å². The van der Waals surface area contributed by atoms with Gasteiger partial charge >= 0.3 is 8.56 Å². The first-order chi connectivity index (χ1) is 6.64. The van der Waals surface area contributed by atoms with Crippen LogP contribution >= 0.6 is 0 Å². The lowest BCUT2D eigenvalue weighted by Crippen LogP contribution is -2.45. The lowest BCUT2D eigenvalue weighted by Gasteiger charge is -2.33. The predicted molar refractivity (Wildman–Crippen MR) is 61.6 cm³/mol. The van der Waals surface area contributed by atoms with Crippen molar-refractivity contribution in [1.29, 1.82) is 0 Å². The highest BCUT2D eigenvalue weighted by molar-refractivity contribution is 6.69. The van der Waals surface area contributed by atoms with Crippen LogP contribution in [0.4, 0.5) is 0 Å². The van der Waals surface area contributed by atoms with Crippen molar-refractivity contribution in [3.63, 3.8) is 0 Å². The minimum atomic E-state index is -1.87. The fourth-order valence-electron chi connectivity index (χ4n) is 1.94. The zero-order valence-electron chi connectivity index (χ0n) is 10.0. The molecule has 0 aromatic heterocycles. The molecule has 0 N–H and O–H groups in total. The van der Waals surface area contributed by atoms with Gasteiger partial charge in [0, 0.05) is 13.2 Å². The third-order valence-electron chi connectivity index (χ3n) is 2.93. The molecule has 1 rings (SSSR count). The number of hydrogen-bond acceptors (Lipinski definition) is 2. The van der Waals surface area contributed by atoms with Crippen LogP contribution in [0.1, 0.15) is 40.5 Å². The Morgan fingerprint density at radius 3 is 1.93 bits per heavy atom. The zero-order valence-corrected chi connectivity index (χ0v) is 11.0. The van der Waals surface area contributed by atoms with E-state index in [1.54, 1.807) is 0 Å². The molecule has 0 amide bonds. The van der Waals surface area contributed by atoms with Gasteiger partial charge in [0.05, 0.1) is 0 Å². The summed E-state index contributed by atoms with van der Waals surface area (Å²) in [7, 11) is -1.87. The van der Waals surface area contributed by atoms with Crippen LogP contribution < -0.4 is 0 Å². The fraction of sp³-hybridized carbons (Fsp3) is 1.00. The molecular formula is C11H24O2Si. The fourth-order valence-corrected chi connectivity index (χ4v) is 5.59. The van der Waals surface area contributed by atoms with Gasteiger partial charge in [0.25, 0.3) is 0 Å². The average Bonchev–Trinajstić information content (AvgIpc) is 2.88. The lowest BCUT2D eigenvalue weighted by atomic mass is 10.5. The molecule has 0 unspecified atom stereocenters. The van der Waals surface area contributed by atoms with E-state index in [1.807, 2.05) is 0 Å². The van der Waals surface area contributed by atoms with Crippen molar-refractivity contribution in [1.82, 2.24) is 0 Å². The molecule has 0 aromatic rings. The summed E-state index contributed by atoms with van der Waals surface area (Å²) in [5.74, 6) is 0.905. The van der Waals surface area contributed by atoms with Crippen molar-refractivity contribution >= 4 is 8.56 Å². The first-order valence-electron chi connectivity index (χ1n) is 5.92. The molecule has 1 aliphatic carbocycles. The third kappa shape index (κ3) is 3.07. The molecule has 2 nitrogen and oxygen atoms in total. The topological polar surface area (TPSA) is 18.5 Å². The molecule has 3 heteroatoms. The molecule has 84 valence electrons. The van der Waals surface area contributed by atoms with E-state index < -0.39 is 8.56 Å². The van der Waals surface area contributed by atoms with E-state index in [4.69, 9.17) is 8.85 Å². The van der Waals surface area contributed by atoms with Crippen molar-refractivity contribution in [2.45, 2.75) is 52.1 Å². The van der Waals surface area contributed by atoms with Gasteiger partial charge in [-0.1, -0.05) is 26.7 Å². The summed E-state index contributed by atoms with van der Waals surface area (Å²) in [5, 5.41) is 0. The maximum atomic E-state index is 6.00. The second-order valence-electron chi connectivity index (χ2n) is 4.48. The van der Waals surface area contributed by atoms with Gasteiger partial charge in [-0.2, -0.15) is 0 Å². The van der Waals surface area contributed by atoms with Crippen molar-refractivity contribution in [2.24, 2.45) is 5.92 Å². The van der Waals surface area contributed by atoms with E-state index in [2.05, 4.69) is 27.7 Å². The summed E-state index contributed by atoms with van der Waals surface area (Å²) in [5.41, 5.74) is 0.572. The Bertz CT molecular complexity index is 161. The molecule has 0 spiro atoms. The van der Waals surface area contributed by atoms with Gasteiger partial charge in [-0.25, -0.2) is 0 Å². The smallest absolute Gasteiger partial charge is 0.341 e. The summed E-state index contributed by atoms with van der Waals surface area (Å²) >= 11 is 0. The minimum Gasteiger partial charge on any atom is -0.394 e. The SMILES string of the molecule is CCO[Si](CC1CC1)(OCC)C(C)C. The number of hydrogen-bond donors (Lipinski definition) is 0. The standard InChI is InChI=1S/C11H24O2Si/c1-5-12-14(10(3)4,13-6-2)9-11-7-8-11/h10-11H,5-9H2,1-4H3. The normalized spacial score (nSPS) is 17.8. The molecule has 1 saturated carbocycles. The largest absolute Gasteiger partial charge is 0.394 e. The molecule has 0 heterocycles. The van der Waals surface area contributed by atoms with Gasteiger partial charge < -0.3 is 8.85 Å². The van der Waals surface area contributed by atoms with E-state index in [0.717, 1.165) is 19.1 Å². The highest BCUT2D eigenvalue weighted by atomic mass is 28.4. The molecular weight excluding hydrogens is 192 g/mol. The lowest BCUT2D eigenvalue weighted by molar-refractivity contribution is 0.173. The van der Waals surface area contributed by atoms with E-state index >= 15 is 0 Å². The van der Waals surface area contributed by atoms with Crippen LogP contribution in [0.25, 0.3) is 0 Å². The summed E-state index contributed by atoms with van der Waals surface area (Å²) < 4.78 is 12.0. The average molecular weight is 216 g/mol. The van der Waals surface area contributed by atoms with Gasteiger partial charge in [0.2, 0.25) is 0 Å². The zero-order chi connectivity index (χ0) is 10.6. The van der Waals surface area contributed by atoms with E-state index in [-0.39, 0.29) is 0 Å².